The molecule has 0 bridgehead atoms. The van der Waals surface area contributed by atoms with Gasteiger partial charge in [-0.05, 0) is 18.7 Å². The normalized spacial score (nSPS) is 13.1. The summed E-state index contributed by atoms with van der Waals surface area (Å²) in [5.74, 6) is 3.77. The summed E-state index contributed by atoms with van der Waals surface area (Å²) in [6, 6.07) is 0. The summed E-state index contributed by atoms with van der Waals surface area (Å²) in [6.45, 7) is 1.13. The van der Waals surface area contributed by atoms with Gasteiger partial charge in [0, 0.05) is 0 Å². The smallest absolute Gasteiger partial charge is 0.293 e. The van der Waals surface area contributed by atoms with Crippen molar-refractivity contribution < 1.29 is 18.0 Å². The van der Waals surface area contributed by atoms with Crippen molar-refractivity contribution in [1.29, 1.82) is 0 Å². The molecule has 0 saturated heterocycles. The molecule has 8 heteroatoms. The fourth-order valence-corrected chi connectivity index (χ4v) is 0.947. The number of hydrazine groups is 1. The third-order valence-corrected chi connectivity index (χ3v) is 1.66. The predicted octanol–water partition coefficient (Wildman–Crippen LogP) is 1.04. The molecule has 0 aliphatic rings. The van der Waals surface area contributed by atoms with Crippen LogP contribution in [0.5, 0.6) is 0 Å². The van der Waals surface area contributed by atoms with E-state index in [1.807, 2.05) is 0 Å². The number of hydrogen-bond acceptors (Lipinski definition) is 3. The maximum absolute atomic E-state index is 11.5. The van der Waals surface area contributed by atoms with E-state index >= 15 is 0 Å². The lowest BCUT2D eigenvalue weighted by Crippen LogP contribution is -2.37. The minimum atomic E-state index is -4.40. The molecule has 1 unspecified atom stereocenters. The van der Waals surface area contributed by atoms with Crippen LogP contribution in [-0.2, 0) is 4.79 Å². The highest BCUT2D eigenvalue weighted by molar-refractivity contribution is 8.01. The molecular formula is C4H8ClF3N2OS. The predicted molar refractivity (Wildman–Crippen MR) is 42.7 cm³/mol. The van der Waals surface area contributed by atoms with Crippen LogP contribution in [0.15, 0.2) is 0 Å². The average Bonchev–Trinajstić information content (AvgIpc) is 1.82. The largest absolute Gasteiger partial charge is 0.442 e. The SMILES string of the molecule is CC(SC(F)(F)F)C(=O)NN.Cl. The van der Waals surface area contributed by atoms with Gasteiger partial charge in [-0.1, -0.05) is 0 Å². The van der Waals surface area contributed by atoms with Crippen LogP contribution in [0, 0.1) is 0 Å². The Bertz CT molecular complexity index is 154. The van der Waals surface area contributed by atoms with Crippen LogP contribution < -0.4 is 11.3 Å². The summed E-state index contributed by atoms with van der Waals surface area (Å²) in [5.41, 5.74) is -2.77. The van der Waals surface area contributed by atoms with Crippen molar-refractivity contribution in [2.45, 2.75) is 17.7 Å². The molecule has 12 heavy (non-hydrogen) atoms. The summed E-state index contributed by atoms with van der Waals surface area (Å²) in [6.07, 6.45) is 0. The van der Waals surface area contributed by atoms with E-state index in [0.717, 1.165) is 6.92 Å². The second-order valence-electron chi connectivity index (χ2n) is 1.71. The third kappa shape index (κ3) is 6.56. The first-order chi connectivity index (χ1) is 4.87. The maximum atomic E-state index is 11.5. The second kappa shape index (κ2) is 5.50. The van der Waals surface area contributed by atoms with Crippen molar-refractivity contribution in [2.75, 3.05) is 0 Å². The quantitative estimate of drug-likeness (QED) is 0.419. The highest BCUT2D eigenvalue weighted by atomic mass is 35.5. The monoisotopic (exact) mass is 224 g/mol. The van der Waals surface area contributed by atoms with Gasteiger partial charge in [0.25, 0.3) is 0 Å². The van der Waals surface area contributed by atoms with Crippen molar-refractivity contribution in [3.05, 3.63) is 0 Å². The van der Waals surface area contributed by atoms with Crippen LogP contribution in [0.4, 0.5) is 13.2 Å². The van der Waals surface area contributed by atoms with Crippen LogP contribution in [0.25, 0.3) is 0 Å². The van der Waals surface area contributed by atoms with E-state index in [2.05, 4.69) is 5.84 Å². The number of hydrogen-bond donors (Lipinski definition) is 2. The summed E-state index contributed by atoms with van der Waals surface area (Å²) in [7, 11) is 0. The molecule has 0 aromatic heterocycles. The molecule has 1 atom stereocenters. The summed E-state index contributed by atoms with van der Waals surface area (Å²) < 4.78 is 34.6. The number of thioether (sulfide) groups is 1. The van der Waals surface area contributed by atoms with Crippen molar-refractivity contribution in [3.63, 3.8) is 0 Å². The molecule has 0 heterocycles. The van der Waals surface area contributed by atoms with E-state index in [1.165, 1.54) is 0 Å². The van der Waals surface area contributed by atoms with E-state index in [9.17, 15) is 18.0 Å². The first kappa shape index (κ1) is 14.4. The highest BCUT2D eigenvalue weighted by Crippen LogP contribution is 2.33. The van der Waals surface area contributed by atoms with Gasteiger partial charge in [-0.25, -0.2) is 5.84 Å². The molecule has 3 N–H and O–H groups in total. The zero-order valence-corrected chi connectivity index (χ0v) is 7.65. The molecule has 0 fully saturated rings. The van der Waals surface area contributed by atoms with Crippen LogP contribution >= 0.6 is 24.2 Å². The van der Waals surface area contributed by atoms with Gasteiger partial charge >= 0.3 is 5.51 Å². The number of alkyl halides is 3. The molecule has 0 spiro atoms. The molecule has 1 amide bonds. The Morgan fingerprint density at radius 2 is 2.00 bits per heavy atom. The van der Waals surface area contributed by atoms with Crippen LogP contribution in [0.3, 0.4) is 0 Å². The van der Waals surface area contributed by atoms with Crippen LogP contribution in [-0.4, -0.2) is 16.7 Å². The van der Waals surface area contributed by atoms with E-state index in [0.29, 0.717) is 0 Å². The van der Waals surface area contributed by atoms with E-state index in [1.54, 1.807) is 5.43 Å². The Hall–Kier alpha value is -0.140. The number of nitrogens with one attached hydrogen (secondary N) is 1. The lowest BCUT2D eigenvalue weighted by molar-refractivity contribution is -0.120. The highest BCUT2D eigenvalue weighted by Gasteiger charge is 2.33. The van der Waals surface area contributed by atoms with E-state index < -0.39 is 28.4 Å². The maximum Gasteiger partial charge on any atom is 0.442 e. The molecule has 0 aromatic carbocycles. The zero-order valence-electron chi connectivity index (χ0n) is 6.01. The first-order valence-corrected chi connectivity index (χ1v) is 3.50. The molecule has 0 rings (SSSR count). The zero-order chi connectivity index (χ0) is 9.07. The minimum absolute atomic E-state index is 0. The lowest BCUT2D eigenvalue weighted by atomic mass is 10.5. The first-order valence-electron chi connectivity index (χ1n) is 2.62. The third-order valence-electron chi connectivity index (χ3n) is 0.822. The number of amides is 1. The Morgan fingerprint density at radius 3 is 2.25 bits per heavy atom. The molecule has 74 valence electrons. The van der Waals surface area contributed by atoms with Gasteiger partial charge in [0.15, 0.2) is 0 Å². The minimum Gasteiger partial charge on any atom is -0.293 e. The van der Waals surface area contributed by atoms with Gasteiger partial charge in [-0.15, -0.1) is 12.4 Å². The fourth-order valence-electron chi connectivity index (χ4n) is 0.371. The summed E-state index contributed by atoms with van der Waals surface area (Å²) in [5, 5.41) is -1.21. The van der Waals surface area contributed by atoms with Gasteiger partial charge < -0.3 is 0 Å². The number of rotatable bonds is 2. The molecule has 0 radical (unpaired) electrons. The molecule has 3 nitrogen and oxygen atoms in total. The Balaban J connectivity index is 0. The van der Waals surface area contributed by atoms with Gasteiger partial charge in [-0.2, -0.15) is 13.2 Å². The van der Waals surface area contributed by atoms with Crippen molar-refractivity contribution in [2.24, 2.45) is 5.84 Å². The van der Waals surface area contributed by atoms with Gasteiger partial charge in [0.2, 0.25) is 5.91 Å². The molecule has 0 aromatic rings. The Morgan fingerprint density at radius 1 is 1.58 bits per heavy atom. The lowest BCUT2D eigenvalue weighted by Gasteiger charge is -2.10. The average molecular weight is 225 g/mol. The van der Waals surface area contributed by atoms with Crippen LogP contribution in [0.2, 0.25) is 0 Å². The van der Waals surface area contributed by atoms with E-state index in [4.69, 9.17) is 0 Å². The summed E-state index contributed by atoms with van der Waals surface area (Å²) in [4.78, 5) is 10.4. The Kier molecular flexibility index (Phi) is 6.59. The van der Waals surface area contributed by atoms with Crippen molar-refractivity contribution in [1.82, 2.24) is 5.43 Å². The van der Waals surface area contributed by atoms with Crippen LogP contribution in [0.1, 0.15) is 6.92 Å². The standard InChI is InChI=1S/C4H7F3N2OS.ClH/c1-2(3(10)9-8)11-4(5,6)7;/h2H,8H2,1H3,(H,9,10);1H. The fraction of sp³-hybridized carbons (Fsp3) is 0.750. The number of nitrogens with two attached hydrogens (primary N) is 1. The summed E-state index contributed by atoms with van der Waals surface area (Å²) >= 11 is -0.403. The number of carbonyl (C=O) groups is 1. The molecule has 0 aliphatic heterocycles. The van der Waals surface area contributed by atoms with Gasteiger partial charge in [0.1, 0.15) is 0 Å². The topological polar surface area (TPSA) is 55.1 Å². The Labute approximate surface area is 77.6 Å². The van der Waals surface area contributed by atoms with Crippen molar-refractivity contribution >= 4 is 30.1 Å². The molecule has 0 saturated carbocycles. The molecular weight excluding hydrogens is 217 g/mol. The van der Waals surface area contributed by atoms with Crippen molar-refractivity contribution in [3.8, 4) is 0 Å². The van der Waals surface area contributed by atoms with Gasteiger partial charge in [-0.3, -0.25) is 10.2 Å². The number of halogens is 4. The molecule has 0 aliphatic carbocycles. The number of carbonyl (C=O) groups excluding carboxylic acids is 1. The second-order valence-corrected chi connectivity index (χ2v) is 3.12. The van der Waals surface area contributed by atoms with Gasteiger partial charge in [0.05, 0.1) is 5.25 Å². The van der Waals surface area contributed by atoms with E-state index in [-0.39, 0.29) is 12.4 Å².